The molecule has 0 spiro atoms. The van der Waals surface area contributed by atoms with Crippen LogP contribution in [0.4, 0.5) is 5.69 Å². The van der Waals surface area contributed by atoms with E-state index in [1.165, 1.54) is 11.8 Å². The third kappa shape index (κ3) is 4.86. The number of anilines is 1. The highest BCUT2D eigenvalue weighted by molar-refractivity contribution is 7.99. The van der Waals surface area contributed by atoms with Crippen LogP contribution in [0.25, 0.3) is 0 Å². The van der Waals surface area contributed by atoms with Gasteiger partial charge in [-0.3, -0.25) is 4.79 Å². The Bertz CT molecular complexity index is 999. The van der Waals surface area contributed by atoms with Gasteiger partial charge in [-0.15, -0.1) is 16.8 Å². The highest BCUT2D eigenvalue weighted by atomic mass is 32.2. The lowest BCUT2D eigenvalue weighted by molar-refractivity contribution is -0.113. The second-order valence-corrected chi connectivity index (χ2v) is 7.70. The summed E-state index contributed by atoms with van der Waals surface area (Å²) < 4.78 is 7.95. The Balaban J connectivity index is 1.40. The van der Waals surface area contributed by atoms with Crippen molar-refractivity contribution in [1.29, 1.82) is 0 Å². The van der Waals surface area contributed by atoms with Crippen molar-refractivity contribution in [2.75, 3.05) is 11.1 Å². The molecule has 0 unspecified atom stereocenters. The van der Waals surface area contributed by atoms with Crippen LogP contribution in [0.5, 0.6) is 11.5 Å². The molecule has 0 radical (unpaired) electrons. The highest BCUT2D eigenvalue weighted by Gasteiger charge is 2.30. The molecule has 0 atom stereocenters. The van der Waals surface area contributed by atoms with Crippen molar-refractivity contribution in [2.24, 2.45) is 0 Å². The van der Waals surface area contributed by atoms with Gasteiger partial charge in [-0.1, -0.05) is 48.2 Å². The molecule has 0 saturated heterocycles. The largest absolute Gasteiger partial charge is 0.455 e. The van der Waals surface area contributed by atoms with Gasteiger partial charge in [0.2, 0.25) is 5.91 Å². The van der Waals surface area contributed by atoms with Crippen LogP contribution in [0.3, 0.4) is 0 Å². The molecule has 1 aromatic heterocycles. The van der Waals surface area contributed by atoms with Gasteiger partial charge in [-0.25, -0.2) is 0 Å². The second kappa shape index (κ2) is 8.96. The van der Waals surface area contributed by atoms with Crippen molar-refractivity contribution in [2.45, 2.75) is 30.5 Å². The molecule has 4 rings (SSSR count). The topological polar surface area (TPSA) is 69.0 Å². The summed E-state index contributed by atoms with van der Waals surface area (Å²) in [5, 5.41) is 12.3. The van der Waals surface area contributed by atoms with Gasteiger partial charge >= 0.3 is 0 Å². The van der Waals surface area contributed by atoms with Crippen LogP contribution in [0.1, 0.15) is 24.6 Å². The smallest absolute Gasteiger partial charge is 0.234 e. The summed E-state index contributed by atoms with van der Waals surface area (Å²) in [6.45, 7) is 4.46. The molecule has 1 saturated carbocycles. The predicted octanol–water partition coefficient (Wildman–Crippen LogP) is 4.86. The number of carbonyl (C=O) groups excluding carboxylic acids is 1. The summed E-state index contributed by atoms with van der Waals surface area (Å²) in [6.07, 6.45) is 4.13. The molecule has 148 valence electrons. The first-order valence-electron chi connectivity index (χ1n) is 9.53. The summed E-state index contributed by atoms with van der Waals surface area (Å²) in [6, 6.07) is 16.9. The number of aromatic nitrogens is 3. The lowest BCUT2D eigenvalue weighted by Gasteiger charge is -2.12. The molecule has 6 nitrogen and oxygen atoms in total. The van der Waals surface area contributed by atoms with Gasteiger partial charge in [0.1, 0.15) is 11.6 Å². The number of hydrogen-bond donors (Lipinski definition) is 1. The van der Waals surface area contributed by atoms with Crippen LogP contribution >= 0.6 is 11.8 Å². The third-order valence-corrected chi connectivity index (χ3v) is 5.43. The summed E-state index contributed by atoms with van der Waals surface area (Å²) in [4.78, 5) is 12.5. The number of rotatable bonds is 9. The number of nitrogens with one attached hydrogen (secondary N) is 1. The SMILES string of the molecule is C=CCn1c(SCC(=O)Nc2ccccc2Oc2ccccc2)nnc1C1CC1. The standard InChI is InChI=1S/C22H22N4O2S/c1-2-14-26-21(16-12-13-16)24-25-22(26)29-15-20(27)23-18-10-6-7-11-19(18)28-17-8-4-3-5-9-17/h2-11,16H,1,12-15H2,(H,23,27). The zero-order valence-electron chi connectivity index (χ0n) is 16.0. The van der Waals surface area contributed by atoms with Crippen molar-refractivity contribution in [3.8, 4) is 11.5 Å². The van der Waals surface area contributed by atoms with E-state index in [4.69, 9.17) is 4.74 Å². The van der Waals surface area contributed by atoms with E-state index in [9.17, 15) is 4.79 Å². The van der Waals surface area contributed by atoms with E-state index in [2.05, 4.69) is 26.7 Å². The molecule has 1 heterocycles. The molecule has 0 aliphatic heterocycles. The van der Waals surface area contributed by atoms with Crippen LogP contribution in [0, 0.1) is 0 Å². The lowest BCUT2D eigenvalue weighted by Crippen LogP contribution is -2.15. The molecule has 2 aromatic carbocycles. The van der Waals surface area contributed by atoms with Crippen LogP contribution < -0.4 is 10.1 Å². The van der Waals surface area contributed by atoms with Gasteiger partial charge in [-0.2, -0.15) is 0 Å². The minimum atomic E-state index is -0.125. The predicted molar refractivity (Wildman–Crippen MR) is 115 cm³/mol. The number of carbonyl (C=O) groups is 1. The van der Waals surface area contributed by atoms with Gasteiger partial charge in [-0.05, 0) is 37.1 Å². The molecule has 7 heteroatoms. The van der Waals surface area contributed by atoms with E-state index in [0.717, 1.165) is 23.8 Å². The van der Waals surface area contributed by atoms with E-state index in [0.29, 0.717) is 29.6 Å². The number of allylic oxidation sites excluding steroid dienone is 1. The highest BCUT2D eigenvalue weighted by Crippen LogP contribution is 2.40. The number of ether oxygens (including phenoxy) is 1. The molecule has 1 N–H and O–H groups in total. The number of benzene rings is 2. The maximum atomic E-state index is 12.5. The molecule has 1 amide bonds. The maximum absolute atomic E-state index is 12.5. The molecule has 29 heavy (non-hydrogen) atoms. The van der Waals surface area contributed by atoms with Gasteiger partial charge in [0.05, 0.1) is 11.4 Å². The van der Waals surface area contributed by atoms with E-state index >= 15 is 0 Å². The Labute approximate surface area is 174 Å². The minimum Gasteiger partial charge on any atom is -0.455 e. The second-order valence-electron chi connectivity index (χ2n) is 6.76. The molecule has 1 aliphatic carbocycles. The molecule has 1 fully saturated rings. The first kappa shape index (κ1) is 19.3. The molecular weight excluding hydrogens is 384 g/mol. The average Bonchev–Trinajstić information content (AvgIpc) is 3.50. The number of nitrogens with zero attached hydrogens (tertiary/aromatic N) is 3. The van der Waals surface area contributed by atoms with Crippen molar-refractivity contribution in [3.63, 3.8) is 0 Å². The number of hydrogen-bond acceptors (Lipinski definition) is 5. The Morgan fingerprint density at radius 1 is 1.17 bits per heavy atom. The fourth-order valence-electron chi connectivity index (χ4n) is 2.94. The zero-order valence-corrected chi connectivity index (χ0v) is 16.8. The Kier molecular flexibility index (Phi) is 5.95. The van der Waals surface area contributed by atoms with Gasteiger partial charge in [0, 0.05) is 12.5 Å². The van der Waals surface area contributed by atoms with Crippen LogP contribution in [0.15, 0.2) is 72.4 Å². The van der Waals surface area contributed by atoms with E-state index in [-0.39, 0.29) is 11.7 Å². The van der Waals surface area contributed by atoms with Crippen molar-refractivity contribution < 1.29 is 9.53 Å². The Morgan fingerprint density at radius 3 is 2.69 bits per heavy atom. The average molecular weight is 407 g/mol. The van der Waals surface area contributed by atoms with Crippen molar-refractivity contribution >= 4 is 23.4 Å². The van der Waals surface area contributed by atoms with Gasteiger partial charge < -0.3 is 14.6 Å². The molecule has 1 aliphatic rings. The number of para-hydroxylation sites is 3. The monoisotopic (exact) mass is 406 g/mol. The first-order valence-corrected chi connectivity index (χ1v) is 10.5. The van der Waals surface area contributed by atoms with E-state index in [1.807, 2.05) is 60.7 Å². The number of amides is 1. The van der Waals surface area contributed by atoms with Crippen LogP contribution in [0.2, 0.25) is 0 Å². The van der Waals surface area contributed by atoms with Crippen LogP contribution in [-0.2, 0) is 11.3 Å². The maximum Gasteiger partial charge on any atom is 0.234 e. The van der Waals surface area contributed by atoms with Crippen LogP contribution in [-0.4, -0.2) is 26.4 Å². The Hall–Kier alpha value is -3.06. The minimum absolute atomic E-state index is 0.125. The molecule has 0 bridgehead atoms. The summed E-state index contributed by atoms with van der Waals surface area (Å²) in [5.74, 6) is 2.92. The number of thioether (sulfide) groups is 1. The van der Waals surface area contributed by atoms with Crippen molar-refractivity contribution in [3.05, 3.63) is 73.1 Å². The van der Waals surface area contributed by atoms with E-state index < -0.39 is 0 Å². The van der Waals surface area contributed by atoms with E-state index in [1.54, 1.807) is 0 Å². The molecular formula is C22H22N4O2S. The lowest BCUT2D eigenvalue weighted by atomic mass is 10.3. The summed E-state index contributed by atoms with van der Waals surface area (Å²) >= 11 is 1.38. The third-order valence-electron chi connectivity index (χ3n) is 4.46. The van der Waals surface area contributed by atoms with Gasteiger partial charge in [0.25, 0.3) is 0 Å². The summed E-state index contributed by atoms with van der Waals surface area (Å²) in [5.41, 5.74) is 0.633. The van der Waals surface area contributed by atoms with Crippen molar-refractivity contribution in [1.82, 2.24) is 14.8 Å². The summed E-state index contributed by atoms with van der Waals surface area (Å²) in [7, 11) is 0. The quantitative estimate of drug-likeness (QED) is 0.406. The normalized spacial score (nSPS) is 13.1. The fraction of sp³-hybridized carbons (Fsp3) is 0.227. The molecule has 3 aromatic rings. The zero-order chi connectivity index (χ0) is 20.1. The Morgan fingerprint density at radius 2 is 1.93 bits per heavy atom. The fourth-order valence-corrected chi connectivity index (χ4v) is 3.70. The first-order chi connectivity index (χ1) is 14.2. The van der Waals surface area contributed by atoms with Gasteiger partial charge in [0.15, 0.2) is 10.9 Å².